The highest BCUT2D eigenvalue weighted by atomic mass is 16.1. The van der Waals surface area contributed by atoms with E-state index in [-0.39, 0.29) is 5.56 Å². The molecule has 0 radical (unpaired) electrons. The summed E-state index contributed by atoms with van der Waals surface area (Å²) in [6, 6.07) is 13.7. The lowest BCUT2D eigenvalue weighted by molar-refractivity contribution is 0.654. The summed E-state index contributed by atoms with van der Waals surface area (Å²) in [7, 11) is 0. The van der Waals surface area contributed by atoms with Crippen molar-refractivity contribution in [1.29, 1.82) is 0 Å². The van der Waals surface area contributed by atoms with E-state index in [9.17, 15) is 4.79 Å². The Hall–Kier alpha value is -2.03. The molecule has 0 atom stereocenters. The predicted octanol–water partition coefficient (Wildman–Crippen LogP) is 2.89. The Kier molecular flexibility index (Phi) is 3.11. The highest BCUT2D eigenvalue weighted by Crippen LogP contribution is 2.34. The molecule has 1 saturated carbocycles. The number of nitrogen functional groups attached to an aromatic ring is 1. The first-order valence-electron chi connectivity index (χ1n) is 6.83. The minimum absolute atomic E-state index is 0.122. The number of nitrogens with zero attached hydrogens (tertiary/aromatic N) is 1. The van der Waals surface area contributed by atoms with Crippen molar-refractivity contribution >= 4 is 0 Å². The molecule has 0 saturated heterocycles. The van der Waals surface area contributed by atoms with Crippen LogP contribution in [0.3, 0.4) is 0 Å². The number of nitrogens with two attached hydrogens (primary N) is 1. The van der Waals surface area contributed by atoms with Gasteiger partial charge in [-0.25, -0.2) is 4.68 Å². The van der Waals surface area contributed by atoms with E-state index in [4.69, 9.17) is 5.84 Å². The molecule has 1 heterocycles. The average molecular weight is 254 g/mol. The van der Waals surface area contributed by atoms with Gasteiger partial charge in [-0.2, -0.15) is 0 Å². The standard InChI is InChI=1S/C16H18N2O/c17-18-15(13-8-4-5-9-13)10-14(11-16(18)19)12-6-2-1-3-7-12/h1-3,6-7,10-11,13H,4-5,8-9,17H2. The summed E-state index contributed by atoms with van der Waals surface area (Å²) in [6.07, 6.45) is 4.73. The molecule has 1 fully saturated rings. The first-order valence-corrected chi connectivity index (χ1v) is 6.83. The summed E-state index contributed by atoms with van der Waals surface area (Å²) in [6.45, 7) is 0. The number of aromatic nitrogens is 1. The Morgan fingerprint density at radius 1 is 1.00 bits per heavy atom. The molecule has 0 bridgehead atoms. The van der Waals surface area contributed by atoms with Crippen LogP contribution in [0, 0.1) is 0 Å². The van der Waals surface area contributed by atoms with Gasteiger partial charge in [-0.15, -0.1) is 0 Å². The predicted molar refractivity (Wildman–Crippen MR) is 77.5 cm³/mol. The molecule has 0 amide bonds. The van der Waals surface area contributed by atoms with Crippen molar-refractivity contribution in [1.82, 2.24) is 4.68 Å². The average Bonchev–Trinajstić information content (AvgIpc) is 2.96. The van der Waals surface area contributed by atoms with E-state index >= 15 is 0 Å². The summed E-state index contributed by atoms with van der Waals surface area (Å²) in [5.74, 6) is 6.35. The second-order valence-corrected chi connectivity index (χ2v) is 5.22. The Bertz CT molecular complexity index is 625. The maximum atomic E-state index is 12.0. The second-order valence-electron chi connectivity index (χ2n) is 5.22. The van der Waals surface area contributed by atoms with Crippen LogP contribution in [0.5, 0.6) is 0 Å². The molecule has 19 heavy (non-hydrogen) atoms. The number of rotatable bonds is 2. The van der Waals surface area contributed by atoms with Gasteiger partial charge in [0.05, 0.1) is 0 Å². The van der Waals surface area contributed by atoms with Gasteiger partial charge in [-0.3, -0.25) is 4.79 Å². The lowest BCUT2D eigenvalue weighted by Crippen LogP contribution is -2.30. The van der Waals surface area contributed by atoms with Gasteiger partial charge in [0.1, 0.15) is 0 Å². The summed E-state index contributed by atoms with van der Waals surface area (Å²) < 4.78 is 1.32. The SMILES string of the molecule is Nn1c(C2CCCC2)cc(-c2ccccc2)cc1=O. The third kappa shape index (κ3) is 2.28. The van der Waals surface area contributed by atoms with Gasteiger partial charge < -0.3 is 5.84 Å². The maximum Gasteiger partial charge on any atom is 0.269 e. The number of hydrogen-bond acceptors (Lipinski definition) is 2. The molecule has 1 aliphatic carbocycles. The minimum Gasteiger partial charge on any atom is -0.336 e. The van der Waals surface area contributed by atoms with Gasteiger partial charge in [-0.1, -0.05) is 43.2 Å². The lowest BCUT2D eigenvalue weighted by Gasteiger charge is -2.15. The molecule has 98 valence electrons. The smallest absolute Gasteiger partial charge is 0.269 e. The molecule has 3 nitrogen and oxygen atoms in total. The topological polar surface area (TPSA) is 48.0 Å². The molecule has 3 heteroatoms. The summed E-state index contributed by atoms with van der Waals surface area (Å²) in [4.78, 5) is 12.0. The van der Waals surface area contributed by atoms with Crippen LogP contribution in [0.25, 0.3) is 11.1 Å². The van der Waals surface area contributed by atoms with Crippen molar-refractivity contribution in [3.63, 3.8) is 0 Å². The Morgan fingerprint density at radius 3 is 2.37 bits per heavy atom. The fourth-order valence-corrected chi connectivity index (χ4v) is 2.93. The zero-order valence-electron chi connectivity index (χ0n) is 10.9. The minimum atomic E-state index is -0.122. The Morgan fingerprint density at radius 2 is 1.68 bits per heavy atom. The van der Waals surface area contributed by atoms with E-state index in [2.05, 4.69) is 6.07 Å². The molecular formula is C16H18N2O. The first kappa shape index (κ1) is 12.0. The van der Waals surface area contributed by atoms with Crippen molar-refractivity contribution in [3.8, 4) is 11.1 Å². The summed E-state index contributed by atoms with van der Waals surface area (Å²) in [5, 5.41) is 0. The van der Waals surface area contributed by atoms with Crippen LogP contribution >= 0.6 is 0 Å². The quantitative estimate of drug-likeness (QED) is 0.838. The molecule has 3 rings (SSSR count). The highest BCUT2D eigenvalue weighted by molar-refractivity contribution is 5.63. The fourth-order valence-electron chi connectivity index (χ4n) is 2.93. The van der Waals surface area contributed by atoms with Crippen LogP contribution in [0.4, 0.5) is 0 Å². The van der Waals surface area contributed by atoms with E-state index in [0.29, 0.717) is 5.92 Å². The molecule has 0 unspecified atom stereocenters. The summed E-state index contributed by atoms with van der Waals surface area (Å²) >= 11 is 0. The van der Waals surface area contributed by atoms with E-state index in [1.165, 1.54) is 17.5 Å². The third-order valence-corrected chi connectivity index (χ3v) is 3.98. The van der Waals surface area contributed by atoms with Gasteiger partial charge in [0.25, 0.3) is 5.56 Å². The number of hydrogen-bond donors (Lipinski definition) is 1. The summed E-state index contributed by atoms with van der Waals surface area (Å²) in [5.41, 5.74) is 2.89. The van der Waals surface area contributed by atoms with E-state index in [1.807, 2.05) is 30.3 Å². The molecule has 0 aliphatic heterocycles. The van der Waals surface area contributed by atoms with Crippen molar-refractivity contribution < 1.29 is 0 Å². The third-order valence-electron chi connectivity index (χ3n) is 3.98. The van der Waals surface area contributed by atoms with Gasteiger partial charge in [-0.05, 0) is 30.0 Å². The molecule has 1 aromatic carbocycles. The second kappa shape index (κ2) is 4.92. The van der Waals surface area contributed by atoms with E-state index in [1.54, 1.807) is 6.07 Å². The van der Waals surface area contributed by atoms with Crippen molar-refractivity contribution in [2.45, 2.75) is 31.6 Å². The zero-order chi connectivity index (χ0) is 13.2. The van der Waals surface area contributed by atoms with Crippen LogP contribution in [0.1, 0.15) is 37.3 Å². The van der Waals surface area contributed by atoms with Gasteiger partial charge in [0.15, 0.2) is 0 Å². The number of pyridine rings is 1. The Balaban J connectivity index is 2.10. The monoisotopic (exact) mass is 254 g/mol. The van der Waals surface area contributed by atoms with Gasteiger partial charge in [0.2, 0.25) is 0 Å². The normalized spacial score (nSPS) is 15.8. The Labute approximate surface area is 112 Å². The van der Waals surface area contributed by atoms with Crippen LogP contribution in [0.15, 0.2) is 47.3 Å². The molecule has 1 aliphatic rings. The van der Waals surface area contributed by atoms with Crippen molar-refractivity contribution in [3.05, 3.63) is 58.5 Å². The largest absolute Gasteiger partial charge is 0.336 e. The zero-order valence-corrected chi connectivity index (χ0v) is 10.9. The van der Waals surface area contributed by atoms with Gasteiger partial charge >= 0.3 is 0 Å². The maximum absolute atomic E-state index is 12.0. The fraction of sp³-hybridized carbons (Fsp3) is 0.312. The van der Waals surface area contributed by atoms with E-state index < -0.39 is 0 Å². The van der Waals surface area contributed by atoms with Crippen LogP contribution in [-0.2, 0) is 0 Å². The first-order chi connectivity index (χ1) is 9.25. The molecule has 1 aromatic heterocycles. The highest BCUT2D eigenvalue weighted by Gasteiger charge is 2.20. The van der Waals surface area contributed by atoms with Crippen LogP contribution < -0.4 is 11.4 Å². The molecule has 2 N–H and O–H groups in total. The van der Waals surface area contributed by atoms with E-state index in [0.717, 1.165) is 29.7 Å². The lowest BCUT2D eigenvalue weighted by atomic mass is 9.99. The van der Waals surface area contributed by atoms with Crippen molar-refractivity contribution in [2.75, 3.05) is 5.84 Å². The molecule has 0 spiro atoms. The van der Waals surface area contributed by atoms with Crippen LogP contribution in [-0.4, -0.2) is 4.68 Å². The molecule has 2 aromatic rings. The van der Waals surface area contributed by atoms with Crippen molar-refractivity contribution in [2.24, 2.45) is 0 Å². The number of benzene rings is 1. The molecular weight excluding hydrogens is 236 g/mol. The van der Waals surface area contributed by atoms with Gasteiger partial charge in [0, 0.05) is 17.7 Å². The van der Waals surface area contributed by atoms with Crippen LogP contribution in [0.2, 0.25) is 0 Å².